The lowest BCUT2D eigenvalue weighted by atomic mass is 9.96. The number of carbonyl (C=O) groups excluding carboxylic acids is 1. The number of hydrogen-bond acceptors (Lipinski definition) is 6. The molecule has 0 radical (unpaired) electrons. The predicted molar refractivity (Wildman–Crippen MR) is 149 cm³/mol. The van der Waals surface area contributed by atoms with Crippen LogP contribution >= 0.6 is 0 Å². The van der Waals surface area contributed by atoms with Crippen LogP contribution in [0.4, 0.5) is 0 Å². The minimum Gasteiger partial charge on any atom is -0.465 e. The zero-order valence-corrected chi connectivity index (χ0v) is 24.2. The largest absolute Gasteiger partial charge is 0.465 e. The monoisotopic (exact) mass is 516 g/mol. The molecule has 0 amide bonds. The highest BCUT2D eigenvalue weighted by Crippen LogP contribution is 2.18. The van der Waals surface area contributed by atoms with Crippen LogP contribution in [0.5, 0.6) is 0 Å². The molecule has 6 heteroatoms. The minimum atomic E-state index is -0.0991. The fraction of sp³-hybridized carbons (Fsp3) is 0.967. The Hall–Kier alpha value is -0.690. The highest BCUT2D eigenvalue weighted by molar-refractivity contribution is 5.69. The molecule has 36 heavy (non-hydrogen) atoms. The Morgan fingerprint density at radius 1 is 0.500 bits per heavy atom. The fourth-order valence-electron chi connectivity index (χ4n) is 4.01. The SMILES string of the molecule is CCCCCCCCOCCOCCOCCOCCCC(=O)OCC(CCCC)CCCCCC. The number of carbonyl (C=O) groups is 1. The van der Waals surface area contributed by atoms with Crippen molar-refractivity contribution in [3.8, 4) is 0 Å². The highest BCUT2D eigenvalue weighted by Gasteiger charge is 2.12. The van der Waals surface area contributed by atoms with Crippen LogP contribution in [0.25, 0.3) is 0 Å². The fourth-order valence-corrected chi connectivity index (χ4v) is 4.01. The van der Waals surface area contributed by atoms with Gasteiger partial charge in [-0.05, 0) is 31.6 Å². The van der Waals surface area contributed by atoms with Gasteiger partial charge in [0.1, 0.15) is 0 Å². The first-order valence-corrected chi connectivity index (χ1v) is 15.2. The lowest BCUT2D eigenvalue weighted by molar-refractivity contribution is -0.145. The number of ether oxygens (including phenoxy) is 5. The molecule has 0 aliphatic carbocycles. The summed E-state index contributed by atoms with van der Waals surface area (Å²) in [6.45, 7) is 12.1. The number of esters is 1. The van der Waals surface area contributed by atoms with Gasteiger partial charge >= 0.3 is 5.97 Å². The van der Waals surface area contributed by atoms with E-state index in [9.17, 15) is 4.79 Å². The Morgan fingerprint density at radius 2 is 0.944 bits per heavy atom. The second-order valence-electron chi connectivity index (χ2n) is 9.86. The van der Waals surface area contributed by atoms with Crippen molar-refractivity contribution in [3.05, 3.63) is 0 Å². The summed E-state index contributed by atoms with van der Waals surface area (Å²) in [5.41, 5.74) is 0. The van der Waals surface area contributed by atoms with Gasteiger partial charge in [0.05, 0.1) is 46.2 Å². The van der Waals surface area contributed by atoms with Crippen LogP contribution in [-0.4, -0.2) is 65.4 Å². The van der Waals surface area contributed by atoms with Gasteiger partial charge in [-0.2, -0.15) is 0 Å². The lowest BCUT2D eigenvalue weighted by Crippen LogP contribution is -2.15. The Bertz CT molecular complexity index is 432. The van der Waals surface area contributed by atoms with E-state index >= 15 is 0 Å². The van der Waals surface area contributed by atoms with Crippen LogP contribution in [0.1, 0.15) is 124 Å². The molecule has 0 heterocycles. The predicted octanol–water partition coefficient (Wildman–Crippen LogP) is 7.51. The third kappa shape index (κ3) is 27.9. The summed E-state index contributed by atoms with van der Waals surface area (Å²) in [6.07, 6.45) is 18.7. The summed E-state index contributed by atoms with van der Waals surface area (Å²) < 4.78 is 27.7. The molecule has 0 spiro atoms. The zero-order chi connectivity index (χ0) is 26.4. The van der Waals surface area contributed by atoms with E-state index in [2.05, 4.69) is 20.8 Å². The summed E-state index contributed by atoms with van der Waals surface area (Å²) in [6, 6.07) is 0. The second kappa shape index (κ2) is 30.5. The molecule has 6 nitrogen and oxygen atoms in total. The molecule has 0 rings (SSSR count). The van der Waals surface area contributed by atoms with Crippen LogP contribution < -0.4 is 0 Å². The van der Waals surface area contributed by atoms with Crippen molar-refractivity contribution in [2.75, 3.05) is 59.5 Å². The molecule has 0 aliphatic rings. The smallest absolute Gasteiger partial charge is 0.305 e. The maximum absolute atomic E-state index is 12.1. The molecule has 0 aliphatic heterocycles. The second-order valence-corrected chi connectivity index (χ2v) is 9.86. The first kappa shape index (κ1) is 35.3. The van der Waals surface area contributed by atoms with E-state index < -0.39 is 0 Å². The molecule has 0 N–H and O–H groups in total. The molecule has 0 aromatic rings. The number of unbranched alkanes of at least 4 members (excludes halogenated alkanes) is 9. The van der Waals surface area contributed by atoms with Crippen molar-refractivity contribution in [1.29, 1.82) is 0 Å². The third-order valence-corrected chi connectivity index (χ3v) is 6.34. The van der Waals surface area contributed by atoms with Crippen molar-refractivity contribution in [1.82, 2.24) is 0 Å². The van der Waals surface area contributed by atoms with Gasteiger partial charge < -0.3 is 23.7 Å². The van der Waals surface area contributed by atoms with Crippen molar-refractivity contribution >= 4 is 5.97 Å². The zero-order valence-electron chi connectivity index (χ0n) is 24.2. The van der Waals surface area contributed by atoms with Crippen molar-refractivity contribution in [2.45, 2.75) is 124 Å². The van der Waals surface area contributed by atoms with Crippen LogP contribution in [0.3, 0.4) is 0 Å². The molecule has 0 saturated heterocycles. The number of rotatable bonds is 30. The first-order chi connectivity index (χ1) is 17.7. The van der Waals surface area contributed by atoms with Gasteiger partial charge in [-0.25, -0.2) is 0 Å². The Labute approximate surface area is 223 Å². The highest BCUT2D eigenvalue weighted by atomic mass is 16.6. The molecule has 1 unspecified atom stereocenters. The summed E-state index contributed by atoms with van der Waals surface area (Å²) >= 11 is 0. The van der Waals surface area contributed by atoms with Gasteiger partial charge in [-0.3, -0.25) is 4.79 Å². The first-order valence-electron chi connectivity index (χ1n) is 15.2. The molecular weight excluding hydrogens is 456 g/mol. The summed E-state index contributed by atoms with van der Waals surface area (Å²) in [7, 11) is 0. The van der Waals surface area contributed by atoms with Crippen LogP contribution in [0, 0.1) is 5.92 Å². The topological polar surface area (TPSA) is 63.2 Å². The van der Waals surface area contributed by atoms with Crippen molar-refractivity contribution in [3.63, 3.8) is 0 Å². The van der Waals surface area contributed by atoms with Crippen LogP contribution in [0.15, 0.2) is 0 Å². The van der Waals surface area contributed by atoms with Gasteiger partial charge in [-0.1, -0.05) is 91.4 Å². The van der Waals surface area contributed by atoms with Gasteiger partial charge in [0, 0.05) is 19.6 Å². The third-order valence-electron chi connectivity index (χ3n) is 6.34. The minimum absolute atomic E-state index is 0.0991. The van der Waals surface area contributed by atoms with Gasteiger partial charge in [0.2, 0.25) is 0 Å². The normalized spacial score (nSPS) is 12.2. The van der Waals surface area contributed by atoms with E-state index in [0.29, 0.717) is 71.6 Å². The van der Waals surface area contributed by atoms with E-state index in [0.717, 1.165) is 19.4 Å². The quantitative estimate of drug-likeness (QED) is 0.0727. The summed E-state index contributed by atoms with van der Waals surface area (Å²) in [4.78, 5) is 12.1. The standard InChI is InChI=1S/C30H60O6/c1-4-7-10-12-13-15-20-32-22-24-34-26-27-35-25-23-33-21-16-19-30(31)36-28-29(17-9-6-3)18-14-11-8-5-2/h29H,4-28H2,1-3H3. The summed E-state index contributed by atoms with van der Waals surface area (Å²) in [5.74, 6) is 0.416. The average Bonchev–Trinajstić information content (AvgIpc) is 2.89. The Kier molecular flexibility index (Phi) is 29.9. The molecular formula is C30H60O6. The van der Waals surface area contributed by atoms with E-state index in [1.54, 1.807) is 0 Å². The van der Waals surface area contributed by atoms with E-state index in [-0.39, 0.29) is 5.97 Å². The van der Waals surface area contributed by atoms with Crippen LogP contribution in [0.2, 0.25) is 0 Å². The average molecular weight is 517 g/mol. The van der Waals surface area contributed by atoms with E-state index in [4.69, 9.17) is 23.7 Å². The Balaban J connectivity index is 3.40. The lowest BCUT2D eigenvalue weighted by Gasteiger charge is -2.16. The van der Waals surface area contributed by atoms with Gasteiger partial charge in [0.25, 0.3) is 0 Å². The maximum atomic E-state index is 12.1. The van der Waals surface area contributed by atoms with E-state index in [1.165, 1.54) is 77.0 Å². The molecule has 0 aromatic carbocycles. The van der Waals surface area contributed by atoms with Crippen LogP contribution in [-0.2, 0) is 28.5 Å². The molecule has 0 saturated carbocycles. The number of hydrogen-bond donors (Lipinski definition) is 0. The van der Waals surface area contributed by atoms with Gasteiger partial charge in [-0.15, -0.1) is 0 Å². The molecule has 1 atom stereocenters. The molecule has 0 fully saturated rings. The van der Waals surface area contributed by atoms with E-state index in [1.807, 2.05) is 0 Å². The molecule has 216 valence electrons. The molecule has 0 aromatic heterocycles. The van der Waals surface area contributed by atoms with Crippen molar-refractivity contribution in [2.24, 2.45) is 5.92 Å². The van der Waals surface area contributed by atoms with Gasteiger partial charge in [0.15, 0.2) is 0 Å². The summed E-state index contributed by atoms with van der Waals surface area (Å²) in [5, 5.41) is 0. The Morgan fingerprint density at radius 3 is 1.53 bits per heavy atom. The maximum Gasteiger partial charge on any atom is 0.305 e. The molecule has 0 bridgehead atoms. The van der Waals surface area contributed by atoms with Crippen molar-refractivity contribution < 1.29 is 28.5 Å².